The minimum atomic E-state index is 0.000414. The lowest BCUT2D eigenvalue weighted by atomic mass is 9.82. The smallest absolute Gasteiger partial charge is 0.160 e. The van der Waals surface area contributed by atoms with Gasteiger partial charge < -0.3 is 9.47 Å². The second-order valence-electron chi connectivity index (χ2n) is 7.20. The summed E-state index contributed by atoms with van der Waals surface area (Å²) in [5.74, 6) is 1.37. The number of unbranched alkanes of at least 4 members (excludes halogenated alkanes) is 5. The second kappa shape index (κ2) is 10.2. The molecule has 0 atom stereocenters. The SMILES string of the molecule is CCCCCCCC[C@H]1CO[C@H]([C@H]2CC[C@H](C#N)CC2)OC1. The summed E-state index contributed by atoms with van der Waals surface area (Å²) in [6, 6.07) is 2.39. The first-order valence-corrected chi connectivity index (χ1v) is 9.46. The maximum atomic E-state index is 8.96. The van der Waals surface area contributed by atoms with E-state index >= 15 is 0 Å². The maximum Gasteiger partial charge on any atom is 0.160 e. The Hall–Kier alpha value is -0.590. The fourth-order valence-corrected chi connectivity index (χ4v) is 3.73. The summed E-state index contributed by atoms with van der Waals surface area (Å²) in [5, 5.41) is 8.96. The highest BCUT2D eigenvalue weighted by Gasteiger charge is 2.32. The van der Waals surface area contributed by atoms with Crippen molar-refractivity contribution in [2.45, 2.75) is 83.8 Å². The summed E-state index contributed by atoms with van der Waals surface area (Å²) in [5.41, 5.74) is 0. The fourth-order valence-electron chi connectivity index (χ4n) is 3.73. The Kier molecular flexibility index (Phi) is 8.26. The normalized spacial score (nSPS) is 32.5. The van der Waals surface area contributed by atoms with Crippen LogP contribution >= 0.6 is 0 Å². The van der Waals surface area contributed by atoms with Crippen LogP contribution in [0.25, 0.3) is 0 Å². The molecule has 2 fully saturated rings. The lowest BCUT2D eigenvalue weighted by Gasteiger charge is -2.36. The maximum absolute atomic E-state index is 8.96. The first-order chi connectivity index (χ1) is 10.8. The Morgan fingerprint density at radius 2 is 1.55 bits per heavy atom. The van der Waals surface area contributed by atoms with Gasteiger partial charge in [-0.05, 0) is 32.1 Å². The Bertz CT molecular complexity index is 323. The number of nitriles is 1. The average Bonchev–Trinajstić information content (AvgIpc) is 2.59. The Labute approximate surface area is 136 Å². The van der Waals surface area contributed by atoms with Gasteiger partial charge in [0.25, 0.3) is 0 Å². The summed E-state index contributed by atoms with van der Waals surface area (Å²) in [6.07, 6.45) is 13.6. The van der Waals surface area contributed by atoms with Crippen molar-refractivity contribution in [2.24, 2.45) is 17.8 Å². The van der Waals surface area contributed by atoms with E-state index in [1.165, 1.54) is 44.9 Å². The van der Waals surface area contributed by atoms with Crippen LogP contribution in [0.15, 0.2) is 0 Å². The van der Waals surface area contributed by atoms with Crippen LogP contribution in [0.4, 0.5) is 0 Å². The molecule has 0 aromatic carbocycles. The molecule has 1 saturated heterocycles. The fraction of sp³-hybridized carbons (Fsp3) is 0.947. The van der Waals surface area contributed by atoms with Gasteiger partial charge in [0.05, 0.1) is 19.3 Å². The molecule has 0 spiro atoms. The van der Waals surface area contributed by atoms with Gasteiger partial charge in [0.15, 0.2) is 6.29 Å². The van der Waals surface area contributed by atoms with E-state index in [1.807, 2.05) is 0 Å². The zero-order chi connectivity index (χ0) is 15.6. The summed E-state index contributed by atoms with van der Waals surface area (Å²) < 4.78 is 12.0. The second-order valence-corrected chi connectivity index (χ2v) is 7.20. The predicted molar refractivity (Wildman–Crippen MR) is 88.2 cm³/mol. The summed E-state index contributed by atoms with van der Waals surface area (Å²) >= 11 is 0. The monoisotopic (exact) mass is 307 g/mol. The molecule has 126 valence electrons. The Balaban J connectivity index is 1.53. The molecule has 0 amide bonds. The minimum absolute atomic E-state index is 0.000414. The number of ether oxygens (including phenoxy) is 2. The van der Waals surface area contributed by atoms with Crippen molar-refractivity contribution in [1.29, 1.82) is 5.26 Å². The lowest BCUT2D eigenvalue weighted by molar-refractivity contribution is -0.229. The molecule has 0 radical (unpaired) electrons. The summed E-state index contributed by atoms with van der Waals surface area (Å²) in [4.78, 5) is 0. The quantitative estimate of drug-likeness (QED) is 0.589. The molecule has 22 heavy (non-hydrogen) atoms. The van der Waals surface area contributed by atoms with E-state index in [9.17, 15) is 0 Å². The van der Waals surface area contributed by atoms with Crippen molar-refractivity contribution in [2.75, 3.05) is 13.2 Å². The van der Waals surface area contributed by atoms with Crippen molar-refractivity contribution in [3.63, 3.8) is 0 Å². The van der Waals surface area contributed by atoms with E-state index in [0.29, 0.717) is 11.8 Å². The van der Waals surface area contributed by atoms with Crippen molar-refractivity contribution in [3.05, 3.63) is 0 Å². The van der Waals surface area contributed by atoms with Gasteiger partial charge in [-0.1, -0.05) is 45.4 Å². The molecule has 1 heterocycles. The van der Waals surface area contributed by atoms with Crippen molar-refractivity contribution in [1.82, 2.24) is 0 Å². The first kappa shape index (κ1) is 17.8. The molecule has 0 N–H and O–H groups in total. The number of hydrogen-bond acceptors (Lipinski definition) is 3. The van der Waals surface area contributed by atoms with E-state index in [2.05, 4.69) is 13.0 Å². The van der Waals surface area contributed by atoms with Gasteiger partial charge in [0.2, 0.25) is 0 Å². The highest BCUT2D eigenvalue weighted by Crippen LogP contribution is 2.34. The molecule has 0 unspecified atom stereocenters. The van der Waals surface area contributed by atoms with Crippen LogP contribution < -0.4 is 0 Å². The van der Waals surface area contributed by atoms with E-state index in [4.69, 9.17) is 14.7 Å². The minimum Gasteiger partial charge on any atom is -0.352 e. The van der Waals surface area contributed by atoms with Gasteiger partial charge in [-0.15, -0.1) is 0 Å². The third kappa shape index (κ3) is 5.89. The van der Waals surface area contributed by atoms with Gasteiger partial charge in [0, 0.05) is 17.8 Å². The lowest BCUT2D eigenvalue weighted by Crippen LogP contribution is -2.38. The highest BCUT2D eigenvalue weighted by molar-refractivity contribution is 4.88. The number of nitrogens with zero attached hydrogens (tertiary/aromatic N) is 1. The van der Waals surface area contributed by atoms with Crippen LogP contribution in [0.2, 0.25) is 0 Å². The third-order valence-electron chi connectivity index (χ3n) is 5.30. The zero-order valence-electron chi connectivity index (χ0n) is 14.3. The molecule has 0 bridgehead atoms. The van der Waals surface area contributed by atoms with Gasteiger partial charge in [-0.2, -0.15) is 5.26 Å². The average molecular weight is 307 g/mol. The van der Waals surface area contributed by atoms with E-state index in [-0.39, 0.29) is 12.2 Å². The topological polar surface area (TPSA) is 42.2 Å². The van der Waals surface area contributed by atoms with Crippen LogP contribution in [-0.4, -0.2) is 19.5 Å². The Morgan fingerprint density at radius 3 is 2.18 bits per heavy atom. The first-order valence-electron chi connectivity index (χ1n) is 9.46. The molecule has 0 aromatic heterocycles. The predicted octanol–water partition coefficient (Wildman–Crippen LogP) is 5.06. The molecular formula is C19H33NO2. The van der Waals surface area contributed by atoms with Crippen molar-refractivity contribution >= 4 is 0 Å². The van der Waals surface area contributed by atoms with Crippen LogP contribution in [0.1, 0.15) is 77.6 Å². The summed E-state index contributed by atoms with van der Waals surface area (Å²) in [6.45, 7) is 4.01. The van der Waals surface area contributed by atoms with Crippen molar-refractivity contribution < 1.29 is 9.47 Å². The number of hydrogen-bond donors (Lipinski definition) is 0. The van der Waals surface area contributed by atoms with Gasteiger partial charge >= 0.3 is 0 Å². The molecule has 3 heteroatoms. The molecule has 0 aromatic rings. The van der Waals surface area contributed by atoms with E-state index in [1.54, 1.807) is 0 Å². The third-order valence-corrected chi connectivity index (χ3v) is 5.30. The van der Waals surface area contributed by atoms with Gasteiger partial charge in [-0.3, -0.25) is 0 Å². The van der Waals surface area contributed by atoms with Crippen LogP contribution in [0, 0.1) is 29.1 Å². The summed E-state index contributed by atoms with van der Waals surface area (Å²) in [7, 11) is 0. The standard InChI is InChI=1S/C19H33NO2/c1-2-3-4-5-6-7-8-17-14-21-19(22-15-17)18-11-9-16(13-20)10-12-18/h16-19H,2-12,14-15H2,1H3/t16-,17-,18-,19-. The molecule has 1 aliphatic carbocycles. The van der Waals surface area contributed by atoms with Crippen LogP contribution in [-0.2, 0) is 9.47 Å². The largest absolute Gasteiger partial charge is 0.352 e. The number of rotatable bonds is 8. The highest BCUT2D eigenvalue weighted by atomic mass is 16.7. The van der Waals surface area contributed by atoms with E-state index in [0.717, 1.165) is 38.9 Å². The van der Waals surface area contributed by atoms with Crippen molar-refractivity contribution in [3.8, 4) is 6.07 Å². The van der Waals surface area contributed by atoms with Gasteiger partial charge in [0.1, 0.15) is 0 Å². The molecule has 1 aliphatic heterocycles. The molecule has 1 saturated carbocycles. The zero-order valence-corrected chi connectivity index (χ0v) is 14.3. The Morgan fingerprint density at radius 1 is 0.909 bits per heavy atom. The molecular weight excluding hydrogens is 274 g/mol. The van der Waals surface area contributed by atoms with Crippen LogP contribution in [0.5, 0.6) is 0 Å². The van der Waals surface area contributed by atoms with E-state index < -0.39 is 0 Å². The van der Waals surface area contributed by atoms with Crippen LogP contribution in [0.3, 0.4) is 0 Å². The molecule has 2 aliphatic rings. The molecule has 3 nitrogen and oxygen atoms in total. The molecule has 2 rings (SSSR count). The van der Waals surface area contributed by atoms with Gasteiger partial charge in [-0.25, -0.2) is 0 Å².